The highest BCUT2D eigenvalue weighted by molar-refractivity contribution is 5.92. The molecule has 1 unspecified atom stereocenters. The Labute approximate surface area is 149 Å². The van der Waals surface area contributed by atoms with Crippen molar-refractivity contribution in [3.63, 3.8) is 0 Å². The summed E-state index contributed by atoms with van der Waals surface area (Å²) in [6.07, 6.45) is 8.56. The van der Waals surface area contributed by atoms with Crippen LogP contribution in [0.5, 0.6) is 11.5 Å². The zero-order valence-corrected chi connectivity index (χ0v) is 14.8. The van der Waals surface area contributed by atoms with Crippen LogP contribution >= 0.6 is 0 Å². The van der Waals surface area contributed by atoms with E-state index in [1.54, 1.807) is 6.08 Å². The van der Waals surface area contributed by atoms with Crippen LogP contribution in [-0.4, -0.2) is 55.2 Å². The average molecular weight is 342 g/mol. The van der Waals surface area contributed by atoms with Crippen LogP contribution in [0.1, 0.15) is 31.2 Å². The molecule has 1 aliphatic carbocycles. The number of hydrogen-bond donors (Lipinski definition) is 0. The molecule has 2 heterocycles. The number of piperidine rings is 1. The first kappa shape index (κ1) is 16.5. The van der Waals surface area contributed by atoms with Crippen molar-refractivity contribution in [3.8, 4) is 11.5 Å². The van der Waals surface area contributed by atoms with Crippen LogP contribution in [-0.2, 0) is 4.79 Å². The van der Waals surface area contributed by atoms with E-state index in [2.05, 4.69) is 4.90 Å². The lowest BCUT2D eigenvalue weighted by Crippen LogP contribution is -2.48. The quantitative estimate of drug-likeness (QED) is 0.772. The highest BCUT2D eigenvalue weighted by atomic mass is 16.7. The van der Waals surface area contributed by atoms with E-state index in [4.69, 9.17) is 9.47 Å². The summed E-state index contributed by atoms with van der Waals surface area (Å²) in [5.74, 6) is 2.48. The number of rotatable bonds is 5. The molecular formula is C20H26N2O3. The Kier molecular flexibility index (Phi) is 4.66. The Balaban J connectivity index is 1.34. The Morgan fingerprint density at radius 2 is 2.12 bits per heavy atom. The van der Waals surface area contributed by atoms with Gasteiger partial charge in [0.2, 0.25) is 12.7 Å². The summed E-state index contributed by atoms with van der Waals surface area (Å²) in [6, 6.07) is 6.05. The van der Waals surface area contributed by atoms with Gasteiger partial charge in [-0.15, -0.1) is 0 Å². The summed E-state index contributed by atoms with van der Waals surface area (Å²) in [7, 11) is 1.93. The fourth-order valence-electron chi connectivity index (χ4n) is 3.66. The minimum Gasteiger partial charge on any atom is -0.454 e. The predicted octanol–water partition coefficient (Wildman–Crippen LogP) is 2.76. The molecule has 1 amide bonds. The second-order valence-electron chi connectivity index (χ2n) is 7.39. The van der Waals surface area contributed by atoms with Crippen molar-refractivity contribution in [1.82, 2.24) is 9.80 Å². The maximum absolute atomic E-state index is 12.6. The van der Waals surface area contributed by atoms with Gasteiger partial charge in [0, 0.05) is 32.3 Å². The molecule has 25 heavy (non-hydrogen) atoms. The number of nitrogens with zero attached hydrogens (tertiary/aromatic N) is 2. The number of likely N-dealkylation sites (tertiary alicyclic amines) is 1. The lowest BCUT2D eigenvalue weighted by molar-refractivity contribution is -0.127. The normalized spacial score (nSPS) is 23.2. The van der Waals surface area contributed by atoms with Crippen LogP contribution in [0.15, 0.2) is 24.3 Å². The Bertz CT molecular complexity index is 669. The molecule has 0 bridgehead atoms. The van der Waals surface area contributed by atoms with E-state index >= 15 is 0 Å². The standard InChI is InChI=1S/C20H26N2O3/c1-21(17-3-2-10-22(13-17)12-16-4-5-16)20(23)9-7-15-6-8-18-19(11-15)25-14-24-18/h6-9,11,16-17H,2-5,10,12-14H2,1H3. The molecule has 5 heteroatoms. The fraction of sp³-hybridized carbons (Fsp3) is 0.550. The minimum absolute atomic E-state index is 0.0657. The molecule has 5 nitrogen and oxygen atoms in total. The molecule has 134 valence electrons. The summed E-state index contributed by atoms with van der Waals surface area (Å²) in [5.41, 5.74) is 0.949. The third kappa shape index (κ3) is 3.98. The molecule has 4 rings (SSSR count). The second-order valence-corrected chi connectivity index (χ2v) is 7.39. The topological polar surface area (TPSA) is 42.0 Å². The summed E-state index contributed by atoms with van der Waals surface area (Å²) in [5, 5.41) is 0. The molecule has 0 aromatic heterocycles. The first-order chi connectivity index (χ1) is 12.2. The maximum atomic E-state index is 12.6. The van der Waals surface area contributed by atoms with E-state index in [0.717, 1.165) is 35.9 Å². The van der Waals surface area contributed by atoms with E-state index in [0.29, 0.717) is 6.04 Å². The number of hydrogen-bond acceptors (Lipinski definition) is 4. The number of benzene rings is 1. The van der Waals surface area contributed by atoms with Gasteiger partial charge in [0.1, 0.15) is 0 Å². The largest absolute Gasteiger partial charge is 0.454 e. The number of likely N-dealkylation sites (N-methyl/N-ethyl adjacent to an activating group) is 1. The van der Waals surface area contributed by atoms with Crippen molar-refractivity contribution in [2.45, 2.75) is 31.7 Å². The number of amides is 1. The molecule has 1 aromatic rings. The van der Waals surface area contributed by atoms with Crippen LogP contribution < -0.4 is 9.47 Å². The summed E-state index contributed by atoms with van der Waals surface area (Å²) in [6.45, 7) is 3.67. The van der Waals surface area contributed by atoms with Crippen molar-refractivity contribution in [2.75, 3.05) is 33.5 Å². The summed E-state index contributed by atoms with van der Waals surface area (Å²) in [4.78, 5) is 17.0. The van der Waals surface area contributed by atoms with Gasteiger partial charge in [-0.1, -0.05) is 6.07 Å². The molecule has 0 radical (unpaired) electrons. The molecule has 1 atom stereocenters. The number of carbonyl (C=O) groups is 1. The van der Waals surface area contributed by atoms with E-state index < -0.39 is 0 Å². The SMILES string of the molecule is CN(C(=O)C=Cc1ccc2c(c1)OCO2)C1CCCN(CC2CC2)C1. The monoisotopic (exact) mass is 342 g/mol. The van der Waals surface area contributed by atoms with E-state index in [1.807, 2.05) is 36.2 Å². The van der Waals surface area contributed by atoms with Crippen LogP contribution in [0.3, 0.4) is 0 Å². The van der Waals surface area contributed by atoms with Crippen molar-refractivity contribution >= 4 is 12.0 Å². The van der Waals surface area contributed by atoms with Crippen LogP contribution in [0.25, 0.3) is 6.08 Å². The van der Waals surface area contributed by atoms with Gasteiger partial charge in [0.25, 0.3) is 0 Å². The molecule has 3 aliphatic rings. The summed E-state index contributed by atoms with van der Waals surface area (Å²) >= 11 is 0. The van der Waals surface area contributed by atoms with Gasteiger partial charge in [-0.3, -0.25) is 4.79 Å². The van der Waals surface area contributed by atoms with Crippen molar-refractivity contribution in [3.05, 3.63) is 29.8 Å². The number of ether oxygens (including phenoxy) is 2. The molecule has 0 N–H and O–H groups in total. The molecule has 1 saturated heterocycles. The average Bonchev–Trinajstić information content (AvgIpc) is 3.32. The van der Waals surface area contributed by atoms with Gasteiger partial charge >= 0.3 is 0 Å². The van der Waals surface area contributed by atoms with E-state index in [1.165, 1.54) is 32.4 Å². The van der Waals surface area contributed by atoms with E-state index in [-0.39, 0.29) is 12.7 Å². The van der Waals surface area contributed by atoms with Gasteiger partial charge in [0.15, 0.2) is 11.5 Å². The lowest BCUT2D eigenvalue weighted by Gasteiger charge is -2.37. The zero-order valence-electron chi connectivity index (χ0n) is 14.8. The van der Waals surface area contributed by atoms with Crippen LogP contribution in [0, 0.1) is 5.92 Å². The lowest BCUT2D eigenvalue weighted by atomic mass is 10.0. The molecule has 1 saturated carbocycles. The fourth-order valence-corrected chi connectivity index (χ4v) is 3.66. The Morgan fingerprint density at radius 3 is 2.96 bits per heavy atom. The first-order valence-corrected chi connectivity index (χ1v) is 9.26. The minimum atomic E-state index is 0.0657. The van der Waals surface area contributed by atoms with E-state index in [9.17, 15) is 4.79 Å². The molecule has 2 aliphatic heterocycles. The third-order valence-electron chi connectivity index (χ3n) is 5.40. The Morgan fingerprint density at radius 1 is 1.28 bits per heavy atom. The second kappa shape index (κ2) is 7.08. The maximum Gasteiger partial charge on any atom is 0.246 e. The van der Waals surface area contributed by atoms with Gasteiger partial charge in [0.05, 0.1) is 0 Å². The van der Waals surface area contributed by atoms with Crippen molar-refractivity contribution < 1.29 is 14.3 Å². The number of fused-ring (bicyclic) bond motifs is 1. The predicted molar refractivity (Wildman–Crippen MR) is 96.6 cm³/mol. The van der Waals surface area contributed by atoms with Gasteiger partial charge in [-0.2, -0.15) is 0 Å². The van der Waals surface area contributed by atoms with Gasteiger partial charge in [-0.25, -0.2) is 0 Å². The van der Waals surface area contributed by atoms with Gasteiger partial charge < -0.3 is 19.3 Å². The Hall–Kier alpha value is -2.01. The van der Waals surface area contributed by atoms with Gasteiger partial charge in [-0.05, 0) is 61.9 Å². The highest BCUT2D eigenvalue weighted by Gasteiger charge is 2.29. The first-order valence-electron chi connectivity index (χ1n) is 9.26. The zero-order chi connectivity index (χ0) is 17.2. The summed E-state index contributed by atoms with van der Waals surface area (Å²) < 4.78 is 10.7. The molecular weight excluding hydrogens is 316 g/mol. The van der Waals surface area contributed by atoms with Crippen LogP contribution in [0.4, 0.5) is 0 Å². The number of carbonyl (C=O) groups excluding carboxylic acids is 1. The highest BCUT2D eigenvalue weighted by Crippen LogP contribution is 2.33. The molecule has 0 spiro atoms. The molecule has 1 aromatic carbocycles. The smallest absolute Gasteiger partial charge is 0.246 e. The molecule has 2 fully saturated rings. The van der Waals surface area contributed by atoms with Crippen LogP contribution in [0.2, 0.25) is 0 Å². The van der Waals surface area contributed by atoms with Crippen molar-refractivity contribution in [1.29, 1.82) is 0 Å². The third-order valence-corrected chi connectivity index (χ3v) is 5.40. The van der Waals surface area contributed by atoms with Crippen molar-refractivity contribution in [2.24, 2.45) is 5.92 Å².